The van der Waals surface area contributed by atoms with Crippen LogP contribution in [0.25, 0.3) is 10.9 Å². The number of pyridine rings is 2. The molecular formula is C22H21ClF3N5O2. The van der Waals surface area contributed by atoms with E-state index in [1.165, 1.54) is 18.3 Å². The van der Waals surface area contributed by atoms with Gasteiger partial charge in [-0.1, -0.05) is 23.7 Å². The van der Waals surface area contributed by atoms with Gasteiger partial charge >= 0.3 is 0 Å². The molecule has 2 aromatic heterocycles. The molecule has 1 saturated heterocycles. The summed E-state index contributed by atoms with van der Waals surface area (Å²) in [5.74, 6) is -1.11. The number of nitrogens with one attached hydrogen (secondary N) is 2. The van der Waals surface area contributed by atoms with Crippen LogP contribution >= 0.6 is 11.6 Å². The monoisotopic (exact) mass is 479 g/mol. The van der Waals surface area contributed by atoms with E-state index in [1.54, 1.807) is 18.2 Å². The molecule has 1 amide bonds. The molecule has 0 spiro atoms. The van der Waals surface area contributed by atoms with Crippen molar-refractivity contribution in [1.29, 1.82) is 0 Å². The van der Waals surface area contributed by atoms with E-state index in [4.69, 9.17) is 11.6 Å². The van der Waals surface area contributed by atoms with Crippen LogP contribution in [0.1, 0.15) is 16.1 Å². The van der Waals surface area contributed by atoms with Gasteiger partial charge in [-0.15, -0.1) is 0 Å². The molecule has 1 fully saturated rings. The minimum absolute atomic E-state index is 0.0158. The number of piperazine rings is 1. The van der Waals surface area contributed by atoms with Gasteiger partial charge in [-0.05, 0) is 18.2 Å². The fraction of sp³-hybridized carbons (Fsp3) is 0.318. The Hall–Kier alpha value is -3.11. The van der Waals surface area contributed by atoms with Gasteiger partial charge in [-0.3, -0.25) is 14.5 Å². The molecule has 33 heavy (non-hydrogen) atoms. The SMILES string of the molecule is O=C(NCC(F)F)c1ccc(N2CCN(Cc3ccc4cc(Cl)c(=O)[nH]c4c3F)CC2)cn1. The van der Waals surface area contributed by atoms with Gasteiger partial charge in [0, 0.05) is 43.7 Å². The van der Waals surface area contributed by atoms with Crippen molar-refractivity contribution in [2.45, 2.75) is 13.0 Å². The van der Waals surface area contributed by atoms with Gasteiger partial charge in [-0.2, -0.15) is 0 Å². The largest absolute Gasteiger partial charge is 0.368 e. The molecule has 0 radical (unpaired) electrons. The van der Waals surface area contributed by atoms with Gasteiger partial charge in [0.2, 0.25) is 0 Å². The first-order valence-corrected chi connectivity index (χ1v) is 10.7. The standard InChI is InChI=1S/C22H21ClF3N5O2/c23-16-9-13-1-2-14(19(26)20(13)29-21(16)32)12-30-5-7-31(8-6-30)15-3-4-17(27-10-15)22(33)28-11-18(24)25/h1-4,9-10,18H,5-8,11-12H2,(H,28,33)(H,29,32). The third-order valence-electron chi connectivity index (χ3n) is 5.52. The summed E-state index contributed by atoms with van der Waals surface area (Å²) in [5.41, 5.74) is 0.981. The number of aromatic amines is 1. The normalized spacial score (nSPS) is 14.8. The lowest BCUT2D eigenvalue weighted by Crippen LogP contribution is -2.46. The van der Waals surface area contributed by atoms with Crippen LogP contribution in [0.4, 0.5) is 18.9 Å². The number of aromatic nitrogens is 2. The first kappa shape index (κ1) is 23.1. The molecule has 3 heterocycles. The summed E-state index contributed by atoms with van der Waals surface area (Å²) in [6.07, 6.45) is -1.08. The number of nitrogens with zero attached hydrogens (tertiary/aromatic N) is 3. The van der Waals surface area contributed by atoms with E-state index in [0.29, 0.717) is 43.7 Å². The van der Waals surface area contributed by atoms with Gasteiger partial charge in [0.25, 0.3) is 17.9 Å². The van der Waals surface area contributed by atoms with Crippen molar-refractivity contribution in [3.8, 4) is 0 Å². The highest BCUT2D eigenvalue weighted by Crippen LogP contribution is 2.23. The Labute approximate surface area is 192 Å². The van der Waals surface area contributed by atoms with E-state index in [1.807, 2.05) is 0 Å². The molecule has 174 valence electrons. The van der Waals surface area contributed by atoms with Gasteiger partial charge in [-0.25, -0.2) is 18.2 Å². The van der Waals surface area contributed by atoms with Crippen LogP contribution in [-0.2, 0) is 6.54 Å². The van der Waals surface area contributed by atoms with Crippen LogP contribution in [0.15, 0.2) is 41.3 Å². The number of alkyl halides is 2. The van der Waals surface area contributed by atoms with Crippen molar-refractivity contribution in [2.24, 2.45) is 0 Å². The Morgan fingerprint density at radius 2 is 1.94 bits per heavy atom. The summed E-state index contributed by atoms with van der Waals surface area (Å²) >= 11 is 5.82. The van der Waals surface area contributed by atoms with Crippen LogP contribution in [0.5, 0.6) is 0 Å². The van der Waals surface area contributed by atoms with Crippen LogP contribution in [-0.4, -0.2) is 59.9 Å². The third kappa shape index (κ3) is 5.28. The van der Waals surface area contributed by atoms with Crippen molar-refractivity contribution in [1.82, 2.24) is 20.2 Å². The van der Waals surface area contributed by atoms with E-state index in [9.17, 15) is 22.8 Å². The molecule has 1 aromatic carbocycles. The molecule has 2 N–H and O–H groups in total. The summed E-state index contributed by atoms with van der Waals surface area (Å²) in [6.45, 7) is 2.35. The second-order valence-electron chi connectivity index (χ2n) is 7.72. The number of carbonyl (C=O) groups excluding carboxylic acids is 1. The molecule has 0 atom stereocenters. The molecular weight excluding hydrogens is 459 g/mol. The van der Waals surface area contributed by atoms with E-state index in [0.717, 1.165) is 5.69 Å². The second kappa shape index (κ2) is 9.80. The number of hydrogen-bond acceptors (Lipinski definition) is 5. The Bertz CT molecular complexity index is 1210. The summed E-state index contributed by atoms with van der Waals surface area (Å²) < 4.78 is 39.4. The number of halogens is 4. The van der Waals surface area contributed by atoms with Crippen LogP contribution in [0.3, 0.4) is 0 Å². The maximum atomic E-state index is 14.9. The maximum absolute atomic E-state index is 14.9. The summed E-state index contributed by atoms with van der Waals surface area (Å²) in [6, 6.07) is 8.10. The highest BCUT2D eigenvalue weighted by molar-refractivity contribution is 6.31. The Morgan fingerprint density at radius 1 is 1.18 bits per heavy atom. The summed E-state index contributed by atoms with van der Waals surface area (Å²) in [7, 11) is 0. The number of fused-ring (bicyclic) bond motifs is 1. The summed E-state index contributed by atoms with van der Waals surface area (Å²) in [4.78, 5) is 34.3. The van der Waals surface area contributed by atoms with Crippen molar-refractivity contribution in [3.05, 3.63) is 69.0 Å². The fourth-order valence-corrected chi connectivity index (χ4v) is 3.92. The lowest BCUT2D eigenvalue weighted by Gasteiger charge is -2.36. The summed E-state index contributed by atoms with van der Waals surface area (Å²) in [5, 5.41) is 2.67. The molecule has 1 aliphatic rings. The molecule has 0 unspecified atom stereocenters. The Balaban J connectivity index is 1.36. The molecule has 4 rings (SSSR count). The molecule has 3 aromatic rings. The topological polar surface area (TPSA) is 81.3 Å². The molecule has 0 bridgehead atoms. The number of hydrogen-bond donors (Lipinski definition) is 2. The lowest BCUT2D eigenvalue weighted by atomic mass is 10.1. The molecule has 11 heteroatoms. The number of carbonyl (C=O) groups is 1. The molecule has 0 aliphatic carbocycles. The predicted molar refractivity (Wildman–Crippen MR) is 120 cm³/mol. The van der Waals surface area contributed by atoms with Gasteiger partial charge in [0.15, 0.2) is 5.82 Å². The van der Waals surface area contributed by atoms with Crippen molar-refractivity contribution >= 4 is 34.1 Å². The number of benzene rings is 1. The zero-order valence-corrected chi connectivity index (χ0v) is 18.2. The molecule has 0 saturated carbocycles. The highest BCUT2D eigenvalue weighted by atomic mass is 35.5. The minimum atomic E-state index is -2.62. The minimum Gasteiger partial charge on any atom is -0.368 e. The van der Waals surface area contributed by atoms with Crippen molar-refractivity contribution < 1.29 is 18.0 Å². The van der Waals surface area contributed by atoms with Crippen LogP contribution in [0.2, 0.25) is 5.02 Å². The fourth-order valence-electron chi connectivity index (χ4n) is 3.75. The van der Waals surface area contributed by atoms with Gasteiger partial charge < -0.3 is 15.2 Å². The number of H-pyrrole nitrogens is 1. The Morgan fingerprint density at radius 3 is 2.61 bits per heavy atom. The highest BCUT2D eigenvalue weighted by Gasteiger charge is 2.20. The van der Waals surface area contributed by atoms with Gasteiger partial charge in [0.05, 0.1) is 23.9 Å². The maximum Gasteiger partial charge on any atom is 0.270 e. The average molecular weight is 480 g/mol. The third-order valence-corrected chi connectivity index (χ3v) is 5.80. The first-order valence-electron chi connectivity index (χ1n) is 10.3. The zero-order chi connectivity index (χ0) is 23.5. The zero-order valence-electron chi connectivity index (χ0n) is 17.5. The van der Waals surface area contributed by atoms with E-state index in [2.05, 4.69) is 25.1 Å². The number of anilines is 1. The lowest BCUT2D eigenvalue weighted by molar-refractivity contribution is 0.0887. The van der Waals surface area contributed by atoms with E-state index in [-0.39, 0.29) is 16.2 Å². The van der Waals surface area contributed by atoms with Crippen molar-refractivity contribution in [2.75, 3.05) is 37.6 Å². The van der Waals surface area contributed by atoms with Crippen LogP contribution < -0.4 is 15.8 Å². The van der Waals surface area contributed by atoms with E-state index < -0.39 is 30.3 Å². The smallest absolute Gasteiger partial charge is 0.270 e. The number of rotatable bonds is 6. The second-order valence-corrected chi connectivity index (χ2v) is 8.12. The number of amides is 1. The average Bonchev–Trinajstić information content (AvgIpc) is 2.81. The quantitative estimate of drug-likeness (QED) is 0.568. The van der Waals surface area contributed by atoms with Gasteiger partial charge in [0.1, 0.15) is 10.7 Å². The van der Waals surface area contributed by atoms with Crippen LogP contribution in [0, 0.1) is 5.82 Å². The molecule has 7 nitrogen and oxygen atoms in total. The predicted octanol–water partition coefficient (Wildman–Crippen LogP) is 3.03. The molecule has 1 aliphatic heterocycles. The Kier molecular flexibility index (Phi) is 6.85. The van der Waals surface area contributed by atoms with E-state index >= 15 is 0 Å². The van der Waals surface area contributed by atoms with Crippen molar-refractivity contribution in [3.63, 3.8) is 0 Å². The first-order chi connectivity index (χ1) is 15.8.